The summed E-state index contributed by atoms with van der Waals surface area (Å²) in [4.78, 5) is 23.9. The highest BCUT2D eigenvalue weighted by Gasteiger charge is 2.06. The molecular weight excluding hydrogens is 252 g/mol. The smallest absolute Gasteiger partial charge is 0.356 e. The largest absolute Gasteiger partial charge is 0.476 e. The molecule has 0 aromatic carbocycles. The molecule has 2 aromatic rings. The molecule has 0 saturated heterocycles. The van der Waals surface area contributed by atoms with Gasteiger partial charge in [0, 0.05) is 11.1 Å². The van der Waals surface area contributed by atoms with Crippen LogP contribution in [0.5, 0.6) is 0 Å². The highest BCUT2D eigenvalue weighted by molar-refractivity contribution is 7.11. The average Bonchev–Trinajstić information content (AvgIpc) is 2.84. The summed E-state index contributed by atoms with van der Waals surface area (Å²) >= 11 is 1.62. The molecular formula is C11H12N4O2S. The third-order valence-corrected chi connectivity index (χ3v) is 3.37. The number of aromatic carboxylic acids is 1. The van der Waals surface area contributed by atoms with Crippen molar-refractivity contribution in [2.45, 2.75) is 19.9 Å². The van der Waals surface area contributed by atoms with Crippen LogP contribution in [0.2, 0.25) is 0 Å². The van der Waals surface area contributed by atoms with Crippen molar-refractivity contribution in [1.82, 2.24) is 15.0 Å². The maximum absolute atomic E-state index is 10.7. The van der Waals surface area contributed by atoms with E-state index in [1.165, 1.54) is 17.3 Å². The van der Waals surface area contributed by atoms with Gasteiger partial charge in [-0.25, -0.2) is 14.8 Å². The Morgan fingerprint density at radius 3 is 2.94 bits per heavy atom. The molecule has 0 aliphatic rings. The summed E-state index contributed by atoms with van der Waals surface area (Å²) in [5.74, 6) is -0.656. The molecule has 0 radical (unpaired) electrons. The number of nitrogens with one attached hydrogen (secondary N) is 1. The van der Waals surface area contributed by atoms with Gasteiger partial charge in [0.2, 0.25) is 0 Å². The maximum Gasteiger partial charge on any atom is 0.356 e. The lowest BCUT2D eigenvalue weighted by Crippen LogP contribution is -2.06. The van der Waals surface area contributed by atoms with Crippen LogP contribution in [0.25, 0.3) is 0 Å². The van der Waals surface area contributed by atoms with Crippen LogP contribution < -0.4 is 5.32 Å². The first-order valence-electron chi connectivity index (χ1n) is 5.42. The molecule has 0 saturated carbocycles. The molecule has 0 aliphatic carbocycles. The van der Waals surface area contributed by atoms with Gasteiger partial charge in [0.25, 0.3) is 0 Å². The number of carboxylic acids is 1. The zero-order chi connectivity index (χ0) is 13.0. The molecule has 2 N–H and O–H groups in total. The molecule has 0 fully saturated rings. The molecule has 2 rings (SSSR count). The Morgan fingerprint density at radius 1 is 1.44 bits per heavy atom. The van der Waals surface area contributed by atoms with Crippen molar-refractivity contribution in [3.05, 3.63) is 34.2 Å². The Balaban J connectivity index is 2.01. The minimum Gasteiger partial charge on any atom is -0.476 e. The number of thiazole rings is 1. The van der Waals surface area contributed by atoms with E-state index in [-0.39, 0.29) is 5.69 Å². The number of rotatable bonds is 5. The molecule has 18 heavy (non-hydrogen) atoms. The van der Waals surface area contributed by atoms with Crippen molar-refractivity contribution in [2.24, 2.45) is 0 Å². The van der Waals surface area contributed by atoms with Crippen LogP contribution in [-0.4, -0.2) is 26.0 Å². The Morgan fingerprint density at radius 2 is 2.28 bits per heavy atom. The van der Waals surface area contributed by atoms with Gasteiger partial charge in [0.15, 0.2) is 5.69 Å². The maximum atomic E-state index is 10.7. The molecule has 7 heteroatoms. The van der Waals surface area contributed by atoms with Gasteiger partial charge >= 0.3 is 5.97 Å². The van der Waals surface area contributed by atoms with Crippen LogP contribution in [0.4, 0.5) is 5.82 Å². The second-order valence-corrected chi connectivity index (χ2v) is 4.72. The van der Waals surface area contributed by atoms with Crippen molar-refractivity contribution in [1.29, 1.82) is 0 Å². The zero-order valence-electron chi connectivity index (χ0n) is 9.75. The summed E-state index contributed by atoms with van der Waals surface area (Å²) in [6, 6.07) is 0. The fourth-order valence-electron chi connectivity index (χ4n) is 1.31. The van der Waals surface area contributed by atoms with Crippen LogP contribution in [0.15, 0.2) is 18.6 Å². The predicted molar refractivity (Wildman–Crippen MR) is 67.8 cm³/mol. The number of carbonyl (C=O) groups is 1. The van der Waals surface area contributed by atoms with Crippen molar-refractivity contribution in [3.8, 4) is 0 Å². The Hall–Kier alpha value is -2.02. The van der Waals surface area contributed by atoms with E-state index in [1.807, 2.05) is 6.20 Å². The van der Waals surface area contributed by atoms with Crippen LogP contribution >= 0.6 is 11.3 Å². The van der Waals surface area contributed by atoms with Gasteiger partial charge in [-0.3, -0.25) is 4.98 Å². The van der Waals surface area contributed by atoms with Crippen LogP contribution in [-0.2, 0) is 13.0 Å². The summed E-state index contributed by atoms with van der Waals surface area (Å²) in [7, 11) is 0. The van der Waals surface area contributed by atoms with Gasteiger partial charge in [-0.05, 0) is 6.42 Å². The predicted octanol–water partition coefficient (Wildman–Crippen LogP) is 1.81. The molecule has 0 atom stereocenters. The fourth-order valence-corrected chi connectivity index (χ4v) is 2.12. The number of aromatic nitrogens is 3. The van der Waals surface area contributed by atoms with E-state index in [1.54, 1.807) is 11.3 Å². The molecule has 94 valence electrons. The standard InChI is InChI=1S/C11H12N4O2S/c1-2-7-3-14-10(18-7)6-13-9-5-12-4-8(15-9)11(16)17/h3-5H,2,6H2,1H3,(H,13,15)(H,16,17). The van der Waals surface area contributed by atoms with Crippen molar-refractivity contribution < 1.29 is 9.90 Å². The van der Waals surface area contributed by atoms with Crippen LogP contribution in [0.3, 0.4) is 0 Å². The number of hydrogen-bond donors (Lipinski definition) is 2. The number of aryl methyl sites for hydroxylation is 1. The average molecular weight is 264 g/mol. The quantitative estimate of drug-likeness (QED) is 0.856. The highest BCUT2D eigenvalue weighted by Crippen LogP contribution is 2.14. The summed E-state index contributed by atoms with van der Waals surface area (Å²) in [5.41, 5.74) is -0.0756. The monoisotopic (exact) mass is 264 g/mol. The highest BCUT2D eigenvalue weighted by atomic mass is 32.1. The minimum atomic E-state index is -1.09. The first kappa shape index (κ1) is 12.4. The van der Waals surface area contributed by atoms with Crippen LogP contribution in [0, 0.1) is 0 Å². The van der Waals surface area contributed by atoms with E-state index < -0.39 is 5.97 Å². The lowest BCUT2D eigenvalue weighted by Gasteiger charge is -2.03. The van der Waals surface area contributed by atoms with E-state index in [9.17, 15) is 4.79 Å². The fraction of sp³-hybridized carbons (Fsp3) is 0.273. The van der Waals surface area contributed by atoms with E-state index in [4.69, 9.17) is 5.11 Å². The Labute approximate surface area is 108 Å². The van der Waals surface area contributed by atoms with E-state index in [0.29, 0.717) is 12.4 Å². The lowest BCUT2D eigenvalue weighted by molar-refractivity contribution is 0.0690. The second-order valence-electron chi connectivity index (χ2n) is 3.52. The number of carboxylic acid groups (broad SMARTS) is 1. The number of nitrogens with zero attached hydrogens (tertiary/aromatic N) is 3. The van der Waals surface area contributed by atoms with Gasteiger partial charge in [-0.15, -0.1) is 11.3 Å². The van der Waals surface area contributed by atoms with Gasteiger partial charge < -0.3 is 10.4 Å². The third kappa shape index (κ3) is 3.01. The molecule has 0 unspecified atom stereocenters. The molecule has 0 aliphatic heterocycles. The van der Waals surface area contributed by atoms with E-state index >= 15 is 0 Å². The molecule has 6 nitrogen and oxygen atoms in total. The lowest BCUT2D eigenvalue weighted by atomic mass is 10.4. The van der Waals surface area contributed by atoms with Gasteiger partial charge in [-0.2, -0.15) is 0 Å². The zero-order valence-corrected chi connectivity index (χ0v) is 10.6. The minimum absolute atomic E-state index is 0.0756. The van der Waals surface area contributed by atoms with E-state index in [2.05, 4.69) is 27.2 Å². The molecule has 0 amide bonds. The summed E-state index contributed by atoms with van der Waals surface area (Å²) in [5, 5.41) is 12.7. The van der Waals surface area contributed by atoms with Crippen molar-refractivity contribution in [3.63, 3.8) is 0 Å². The summed E-state index contributed by atoms with van der Waals surface area (Å²) in [6.07, 6.45) is 5.51. The van der Waals surface area contributed by atoms with Crippen molar-refractivity contribution in [2.75, 3.05) is 5.32 Å². The normalized spacial score (nSPS) is 10.3. The topological polar surface area (TPSA) is 88.0 Å². The SMILES string of the molecule is CCc1cnc(CNc2cncc(C(=O)O)n2)s1. The number of anilines is 1. The van der Waals surface area contributed by atoms with E-state index in [0.717, 1.165) is 11.4 Å². The Bertz CT molecular complexity index is 555. The van der Waals surface area contributed by atoms with Gasteiger partial charge in [-0.1, -0.05) is 6.92 Å². The third-order valence-electron chi connectivity index (χ3n) is 2.22. The van der Waals surface area contributed by atoms with Crippen LogP contribution in [0.1, 0.15) is 27.3 Å². The Kier molecular flexibility index (Phi) is 3.83. The second kappa shape index (κ2) is 5.54. The van der Waals surface area contributed by atoms with Crippen molar-refractivity contribution >= 4 is 23.1 Å². The first-order chi connectivity index (χ1) is 8.69. The van der Waals surface area contributed by atoms with Gasteiger partial charge in [0.1, 0.15) is 10.8 Å². The molecule has 0 bridgehead atoms. The summed E-state index contributed by atoms with van der Waals surface area (Å²) in [6.45, 7) is 2.59. The van der Waals surface area contributed by atoms with Gasteiger partial charge in [0.05, 0.1) is 18.9 Å². The summed E-state index contributed by atoms with van der Waals surface area (Å²) < 4.78 is 0. The molecule has 2 heterocycles. The number of hydrogen-bond acceptors (Lipinski definition) is 6. The molecule has 2 aromatic heterocycles. The first-order valence-corrected chi connectivity index (χ1v) is 6.23. The molecule has 0 spiro atoms.